The van der Waals surface area contributed by atoms with E-state index in [0.29, 0.717) is 24.5 Å². The van der Waals surface area contributed by atoms with Crippen LogP contribution in [0.1, 0.15) is 18.2 Å². The molecule has 25 heavy (non-hydrogen) atoms. The van der Waals surface area contributed by atoms with Gasteiger partial charge in [0.25, 0.3) is 0 Å². The van der Waals surface area contributed by atoms with Gasteiger partial charge < -0.3 is 9.47 Å². The first-order chi connectivity index (χ1) is 12.2. The van der Waals surface area contributed by atoms with E-state index in [0.717, 1.165) is 22.5 Å². The van der Waals surface area contributed by atoms with Crippen molar-refractivity contribution in [3.63, 3.8) is 0 Å². The van der Waals surface area contributed by atoms with Crippen LogP contribution in [0.3, 0.4) is 0 Å². The number of hydrogen-bond acceptors (Lipinski definition) is 2. The Morgan fingerprint density at radius 1 is 1.20 bits per heavy atom. The van der Waals surface area contributed by atoms with Gasteiger partial charge in [-0.2, -0.15) is 0 Å². The van der Waals surface area contributed by atoms with E-state index >= 15 is 0 Å². The zero-order valence-corrected chi connectivity index (χ0v) is 14.3. The lowest BCUT2D eigenvalue weighted by Crippen LogP contribution is -2.24. The van der Waals surface area contributed by atoms with E-state index in [1.165, 1.54) is 0 Å². The largest absolute Gasteiger partial charge is 0.316 e. The lowest BCUT2D eigenvalue weighted by atomic mass is 10.1. The molecule has 3 aromatic rings. The van der Waals surface area contributed by atoms with Gasteiger partial charge >= 0.3 is 0 Å². The number of para-hydroxylation sites is 2. The van der Waals surface area contributed by atoms with E-state index in [4.69, 9.17) is 23.0 Å². The molecule has 0 aliphatic carbocycles. The highest BCUT2D eigenvalue weighted by molar-refractivity contribution is 6.30. The van der Waals surface area contributed by atoms with Crippen molar-refractivity contribution in [2.24, 2.45) is 0 Å². The third kappa shape index (κ3) is 2.77. The summed E-state index contributed by atoms with van der Waals surface area (Å²) in [7, 11) is 0. The molecule has 2 aromatic carbocycles. The van der Waals surface area contributed by atoms with Gasteiger partial charge in [0.2, 0.25) is 5.91 Å². The maximum absolute atomic E-state index is 12.5. The van der Waals surface area contributed by atoms with Gasteiger partial charge in [-0.05, 0) is 36.4 Å². The van der Waals surface area contributed by atoms with Gasteiger partial charge in [0.05, 0.1) is 17.6 Å². The number of aromatic nitrogens is 2. The van der Waals surface area contributed by atoms with Crippen LogP contribution in [0.5, 0.6) is 0 Å². The topological polar surface area (TPSA) is 38.1 Å². The van der Waals surface area contributed by atoms with Crippen molar-refractivity contribution in [3.05, 3.63) is 59.4 Å². The first-order valence-corrected chi connectivity index (χ1v) is 8.49. The van der Waals surface area contributed by atoms with Crippen LogP contribution in [-0.4, -0.2) is 22.0 Å². The smallest absolute Gasteiger partial charge is 0.227 e. The Kier molecular flexibility index (Phi) is 3.95. The molecule has 4 rings (SSSR count). The van der Waals surface area contributed by atoms with Gasteiger partial charge in [0.15, 0.2) is 0 Å². The normalized spacial score (nSPS) is 17.2. The summed E-state index contributed by atoms with van der Waals surface area (Å²) >= 11 is 5.94. The number of benzene rings is 2. The Bertz CT molecular complexity index is 984. The molecule has 1 atom stereocenters. The maximum atomic E-state index is 12.5. The SMILES string of the molecule is C#CCn1c(C2CC(=O)N(c3ccc(Cl)cc3)C2)nc2ccccc21. The van der Waals surface area contributed by atoms with Crippen LogP contribution in [0.4, 0.5) is 5.69 Å². The molecule has 124 valence electrons. The average Bonchev–Trinajstić information content (AvgIpc) is 3.17. The summed E-state index contributed by atoms with van der Waals surface area (Å²) in [6.07, 6.45) is 5.98. The quantitative estimate of drug-likeness (QED) is 0.674. The van der Waals surface area contributed by atoms with Crippen molar-refractivity contribution in [1.29, 1.82) is 0 Å². The summed E-state index contributed by atoms with van der Waals surface area (Å²) in [5, 5.41) is 0.655. The molecule has 1 fully saturated rings. The van der Waals surface area contributed by atoms with Crippen molar-refractivity contribution >= 4 is 34.2 Å². The zero-order valence-electron chi connectivity index (χ0n) is 13.5. The van der Waals surface area contributed by atoms with Crippen LogP contribution in [0.15, 0.2) is 48.5 Å². The number of rotatable bonds is 3. The summed E-state index contributed by atoms with van der Waals surface area (Å²) in [6, 6.07) is 15.2. The number of imidazole rings is 1. The van der Waals surface area contributed by atoms with E-state index in [-0.39, 0.29) is 11.8 Å². The van der Waals surface area contributed by atoms with Crippen LogP contribution in [-0.2, 0) is 11.3 Å². The highest BCUT2D eigenvalue weighted by Crippen LogP contribution is 2.33. The monoisotopic (exact) mass is 349 g/mol. The fourth-order valence-corrected chi connectivity index (χ4v) is 3.54. The molecule has 1 aliphatic heterocycles. The number of hydrogen-bond donors (Lipinski definition) is 0. The standard InChI is InChI=1S/C20H16ClN3O/c1-2-11-23-18-6-4-3-5-17(18)22-20(23)14-12-19(25)24(13-14)16-9-7-15(21)8-10-16/h1,3-10,14H,11-13H2. The van der Waals surface area contributed by atoms with Crippen LogP contribution in [0, 0.1) is 12.3 Å². The zero-order chi connectivity index (χ0) is 17.4. The summed E-state index contributed by atoms with van der Waals surface area (Å²) in [5.74, 6) is 3.68. The number of carbonyl (C=O) groups excluding carboxylic acids is 1. The minimum Gasteiger partial charge on any atom is -0.316 e. The molecule has 0 bridgehead atoms. The molecule has 0 N–H and O–H groups in total. The van der Waals surface area contributed by atoms with Gasteiger partial charge in [-0.3, -0.25) is 4.79 Å². The average molecular weight is 350 g/mol. The number of terminal acetylenes is 1. The van der Waals surface area contributed by atoms with Gasteiger partial charge in [-0.15, -0.1) is 6.42 Å². The van der Waals surface area contributed by atoms with Crippen LogP contribution < -0.4 is 4.90 Å². The Morgan fingerprint density at radius 2 is 1.96 bits per heavy atom. The van der Waals surface area contributed by atoms with Crippen molar-refractivity contribution in [1.82, 2.24) is 9.55 Å². The van der Waals surface area contributed by atoms with E-state index in [2.05, 4.69) is 5.92 Å². The van der Waals surface area contributed by atoms with E-state index in [1.54, 1.807) is 17.0 Å². The number of amides is 1. The van der Waals surface area contributed by atoms with Crippen molar-refractivity contribution < 1.29 is 4.79 Å². The first kappa shape index (κ1) is 15.7. The molecule has 1 amide bonds. The summed E-state index contributed by atoms with van der Waals surface area (Å²) in [5.41, 5.74) is 2.77. The number of fused-ring (bicyclic) bond motifs is 1. The molecular weight excluding hydrogens is 334 g/mol. The summed E-state index contributed by atoms with van der Waals surface area (Å²) < 4.78 is 2.04. The molecule has 0 saturated carbocycles. The molecule has 4 nitrogen and oxygen atoms in total. The van der Waals surface area contributed by atoms with Gasteiger partial charge in [-0.25, -0.2) is 4.98 Å². The number of carbonyl (C=O) groups is 1. The minimum atomic E-state index is 0.0175. The number of anilines is 1. The van der Waals surface area contributed by atoms with Crippen LogP contribution >= 0.6 is 11.6 Å². The molecule has 1 saturated heterocycles. The number of nitrogens with zero attached hydrogens (tertiary/aromatic N) is 3. The van der Waals surface area contributed by atoms with E-state index in [9.17, 15) is 4.79 Å². The lowest BCUT2D eigenvalue weighted by molar-refractivity contribution is -0.117. The van der Waals surface area contributed by atoms with Gasteiger partial charge in [0, 0.05) is 29.6 Å². The highest BCUT2D eigenvalue weighted by atomic mass is 35.5. The second-order valence-electron chi connectivity index (χ2n) is 6.13. The molecule has 5 heteroatoms. The second kappa shape index (κ2) is 6.27. The van der Waals surface area contributed by atoms with E-state index in [1.807, 2.05) is 41.0 Å². The summed E-state index contributed by atoms with van der Waals surface area (Å²) in [4.78, 5) is 19.1. The molecule has 2 heterocycles. The molecule has 1 unspecified atom stereocenters. The lowest BCUT2D eigenvalue weighted by Gasteiger charge is -2.17. The summed E-state index contributed by atoms with van der Waals surface area (Å²) in [6.45, 7) is 1.04. The highest BCUT2D eigenvalue weighted by Gasteiger charge is 2.34. The van der Waals surface area contributed by atoms with Crippen molar-refractivity contribution in [3.8, 4) is 12.3 Å². The Balaban J connectivity index is 1.70. The van der Waals surface area contributed by atoms with E-state index < -0.39 is 0 Å². The predicted molar refractivity (Wildman–Crippen MR) is 99.7 cm³/mol. The predicted octanol–water partition coefficient (Wildman–Crippen LogP) is 3.84. The third-order valence-corrected chi connectivity index (χ3v) is 4.81. The molecule has 0 radical (unpaired) electrons. The molecular formula is C20H16ClN3O. The molecule has 1 aromatic heterocycles. The van der Waals surface area contributed by atoms with Gasteiger partial charge in [-0.1, -0.05) is 29.7 Å². The van der Waals surface area contributed by atoms with Crippen LogP contribution in [0.25, 0.3) is 11.0 Å². The first-order valence-electron chi connectivity index (χ1n) is 8.12. The Labute approximate surface area is 151 Å². The van der Waals surface area contributed by atoms with Gasteiger partial charge in [0.1, 0.15) is 5.82 Å². The fraction of sp³-hybridized carbons (Fsp3) is 0.200. The maximum Gasteiger partial charge on any atom is 0.227 e. The van der Waals surface area contributed by atoms with Crippen molar-refractivity contribution in [2.45, 2.75) is 18.9 Å². The minimum absolute atomic E-state index is 0.0175. The second-order valence-corrected chi connectivity index (χ2v) is 6.57. The molecule has 0 spiro atoms. The van der Waals surface area contributed by atoms with Crippen LogP contribution in [0.2, 0.25) is 5.02 Å². The molecule has 1 aliphatic rings. The number of halogens is 1. The third-order valence-electron chi connectivity index (χ3n) is 4.56. The Morgan fingerprint density at radius 3 is 2.72 bits per heavy atom. The van der Waals surface area contributed by atoms with Crippen molar-refractivity contribution in [2.75, 3.05) is 11.4 Å². The Hall–Kier alpha value is -2.77. The fourth-order valence-electron chi connectivity index (χ4n) is 3.41.